The molecule has 0 amide bonds. The van der Waals surface area contributed by atoms with Gasteiger partial charge in [0.25, 0.3) is 0 Å². The number of rotatable bonds is 4. The van der Waals surface area contributed by atoms with Crippen LogP contribution < -0.4 is 0 Å². The third kappa shape index (κ3) is 4.79. The molecule has 0 saturated heterocycles. The minimum absolute atomic E-state index is 0.0209. The van der Waals surface area contributed by atoms with E-state index in [0.717, 1.165) is 61.9 Å². The van der Waals surface area contributed by atoms with E-state index in [2.05, 4.69) is 36.4 Å². The highest BCUT2D eigenvalue weighted by Crippen LogP contribution is 2.50. The predicted octanol–water partition coefficient (Wildman–Crippen LogP) is 15.7. The van der Waals surface area contributed by atoms with Crippen LogP contribution in [-0.4, -0.2) is 9.13 Å². The lowest BCUT2D eigenvalue weighted by molar-refractivity contribution is 1.12. The van der Waals surface area contributed by atoms with Gasteiger partial charge in [-0.15, -0.1) is 22.7 Å². The summed E-state index contributed by atoms with van der Waals surface area (Å²) in [6, 6.07) is 37.4. The van der Waals surface area contributed by atoms with Crippen molar-refractivity contribution in [3.05, 3.63) is 193 Å². The highest BCUT2D eigenvalue weighted by Gasteiger charge is 2.32. The lowest BCUT2D eigenvalue weighted by Crippen LogP contribution is -2.11. The van der Waals surface area contributed by atoms with Gasteiger partial charge >= 0.3 is 0 Å². The van der Waals surface area contributed by atoms with Gasteiger partial charge < -0.3 is 9.13 Å². The van der Waals surface area contributed by atoms with Crippen molar-refractivity contribution in [1.82, 2.24) is 9.13 Å². The third-order valence-electron chi connectivity index (χ3n) is 12.0. The van der Waals surface area contributed by atoms with E-state index in [9.17, 15) is 16.0 Å². The Balaban J connectivity index is 1.36. The Hall–Kier alpha value is -8.00. The molecule has 0 aliphatic carbocycles. The number of fused-ring (bicyclic) bond motifs is 12. The zero-order chi connectivity index (χ0) is 49.8. The van der Waals surface area contributed by atoms with Crippen LogP contribution in [0.25, 0.3) is 118 Å². The maximum absolute atomic E-state index is 12.0. The van der Waals surface area contributed by atoms with Crippen LogP contribution in [0.3, 0.4) is 0 Å². The molecule has 6 heteroatoms. The van der Waals surface area contributed by atoms with Gasteiger partial charge in [-0.1, -0.05) is 133 Å². The summed E-state index contributed by atoms with van der Waals surface area (Å²) in [5, 5.41) is 31.0. The summed E-state index contributed by atoms with van der Waals surface area (Å²) in [7, 11) is 0. The summed E-state index contributed by atoms with van der Waals surface area (Å²) in [5.74, 6) is 0. The highest BCUT2D eigenvalue weighted by molar-refractivity contribution is 7.26. The molecule has 62 heavy (non-hydrogen) atoms. The number of thiophene rings is 2. The first-order valence-corrected chi connectivity index (χ1v) is 21.4. The maximum atomic E-state index is 12.0. The molecule has 13 aromatic rings. The minimum atomic E-state index is -0.690. The zero-order valence-electron chi connectivity index (χ0n) is 42.2. The first-order valence-electron chi connectivity index (χ1n) is 24.7. The quantitative estimate of drug-likeness (QED) is 0.177. The van der Waals surface area contributed by atoms with Crippen molar-refractivity contribution in [1.29, 1.82) is 10.5 Å². The van der Waals surface area contributed by atoms with E-state index in [1.807, 2.05) is 106 Å². The fourth-order valence-corrected chi connectivity index (χ4v) is 11.7. The van der Waals surface area contributed by atoms with Crippen LogP contribution in [0.2, 0.25) is 0 Å². The minimum Gasteiger partial charge on any atom is -0.307 e. The van der Waals surface area contributed by atoms with Gasteiger partial charge in [0, 0.05) is 73.0 Å². The smallest absolute Gasteiger partial charge is 0.102 e. The van der Waals surface area contributed by atoms with Crippen molar-refractivity contribution in [3.8, 4) is 45.8 Å². The molecule has 286 valence electrons. The van der Waals surface area contributed by atoms with Crippen LogP contribution in [0.1, 0.15) is 24.8 Å². The molecule has 4 heterocycles. The van der Waals surface area contributed by atoms with Crippen LogP contribution >= 0.6 is 22.7 Å². The van der Waals surface area contributed by atoms with Gasteiger partial charge in [0.2, 0.25) is 0 Å². The van der Waals surface area contributed by atoms with Crippen LogP contribution in [0.4, 0.5) is 0 Å². The average molecular weight is 833 g/mol. The van der Waals surface area contributed by atoms with Gasteiger partial charge in [0.15, 0.2) is 0 Å². The maximum Gasteiger partial charge on any atom is 0.102 e. The Morgan fingerprint density at radius 3 is 1.24 bits per heavy atom. The van der Waals surface area contributed by atoms with Gasteiger partial charge in [-0.2, -0.15) is 10.5 Å². The van der Waals surface area contributed by atoms with Crippen molar-refractivity contribution < 1.29 is 13.7 Å². The molecule has 0 unspecified atom stereocenters. The van der Waals surface area contributed by atoms with Crippen molar-refractivity contribution in [2.24, 2.45) is 0 Å². The molecule has 0 spiro atoms. The SMILES string of the molecule is [2H]c1c([2H])c([2H])c(-c2c(C#N)c(-n3c4ccccc4c4cc5c(cc43)sc3ccccc35)c(-c3c([2H])c([2H])c([2H])c([2H])c3[2H])c(-n3c4ccccc4c4cc5c(cc43)sc3ccccc35)c2C#N)c([2H])c1[2H]. The van der Waals surface area contributed by atoms with Crippen LogP contribution in [0.5, 0.6) is 0 Å². The molecule has 0 bridgehead atoms. The van der Waals surface area contributed by atoms with Gasteiger partial charge in [-0.3, -0.25) is 0 Å². The monoisotopic (exact) mass is 832 g/mol. The van der Waals surface area contributed by atoms with Crippen LogP contribution in [-0.2, 0) is 0 Å². The van der Waals surface area contributed by atoms with E-state index in [1.54, 1.807) is 22.7 Å². The number of aromatic nitrogens is 2. The molecule has 4 aromatic heterocycles. The standard InChI is InChI=1S/C56H30N4S2/c57-31-43-53(33-15-3-1-4-16-33)44(32-58)56(60-46-24-12-8-20-36(46)40-28-42-38-22-10-14-26-50(38)62-52(42)30-48(40)60)54(34-17-5-2-6-18-34)55(43)59-45-23-11-7-19-35(45)39-27-41-37-21-9-13-25-49(37)61-51(41)29-47(39)59/h1-30H/i1D,2D,3D,4D,5D,6D,15D,16D,17D,18D. The summed E-state index contributed by atoms with van der Waals surface area (Å²) < 4.78 is 99.3. The van der Waals surface area contributed by atoms with Crippen molar-refractivity contribution >= 4 is 107 Å². The van der Waals surface area contributed by atoms with E-state index < -0.39 is 66.0 Å². The van der Waals surface area contributed by atoms with E-state index >= 15 is 0 Å². The van der Waals surface area contributed by atoms with Crippen LogP contribution in [0, 0.1) is 22.7 Å². The number of nitriles is 2. The molecule has 0 N–H and O–H groups in total. The molecule has 4 nitrogen and oxygen atoms in total. The summed E-state index contributed by atoms with van der Waals surface area (Å²) in [5.41, 5.74) is 0.487. The molecule has 0 atom stereocenters. The predicted molar refractivity (Wildman–Crippen MR) is 261 cm³/mol. The first kappa shape index (κ1) is 26.3. The van der Waals surface area contributed by atoms with E-state index in [-0.39, 0.29) is 39.2 Å². The average Bonchev–Trinajstić information content (AvgIpc) is 4.14. The molecule has 9 aromatic carbocycles. The lowest BCUT2D eigenvalue weighted by Gasteiger charge is -2.25. The number of hydrogen-bond donors (Lipinski definition) is 0. The fourth-order valence-electron chi connectivity index (χ4n) is 9.48. The molecule has 0 fully saturated rings. The lowest BCUT2D eigenvalue weighted by atomic mass is 9.86. The van der Waals surface area contributed by atoms with E-state index in [1.165, 1.54) is 0 Å². The fraction of sp³-hybridized carbons (Fsp3) is 0. The topological polar surface area (TPSA) is 57.4 Å². The Labute approximate surface area is 377 Å². The Kier molecular flexibility index (Phi) is 5.61. The Bertz CT molecular complexity index is 4460. The summed E-state index contributed by atoms with van der Waals surface area (Å²) in [6.07, 6.45) is 0. The summed E-state index contributed by atoms with van der Waals surface area (Å²) >= 11 is 3.14. The van der Waals surface area contributed by atoms with Gasteiger partial charge in [-0.25, -0.2) is 0 Å². The second-order valence-electron chi connectivity index (χ2n) is 15.1. The third-order valence-corrected chi connectivity index (χ3v) is 14.2. The Morgan fingerprint density at radius 1 is 0.387 bits per heavy atom. The van der Waals surface area contributed by atoms with Crippen molar-refractivity contribution in [2.45, 2.75) is 0 Å². The van der Waals surface area contributed by atoms with Gasteiger partial charge in [0.1, 0.15) is 12.1 Å². The second-order valence-corrected chi connectivity index (χ2v) is 17.2. The second kappa shape index (κ2) is 13.3. The van der Waals surface area contributed by atoms with E-state index in [4.69, 9.17) is 8.22 Å². The van der Waals surface area contributed by atoms with Crippen molar-refractivity contribution in [3.63, 3.8) is 0 Å². The number of hydrogen-bond acceptors (Lipinski definition) is 4. The number of nitrogens with zero attached hydrogens (tertiary/aromatic N) is 4. The molecule has 0 radical (unpaired) electrons. The molecule has 0 aliphatic rings. The molecule has 13 rings (SSSR count). The first-order chi connectivity index (χ1) is 34.8. The zero-order valence-corrected chi connectivity index (χ0v) is 33.8. The normalized spacial score (nSPS) is 14.1. The summed E-state index contributed by atoms with van der Waals surface area (Å²) in [4.78, 5) is 0. The number of para-hydroxylation sites is 2. The molecule has 0 aliphatic heterocycles. The molecular formula is C56H30N4S2. The van der Waals surface area contributed by atoms with E-state index in [0.29, 0.717) is 22.1 Å². The van der Waals surface area contributed by atoms with Crippen molar-refractivity contribution in [2.75, 3.05) is 0 Å². The van der Waals surface area contributed by atoms with Gasteiger partial charge in [-0.05, 0) is 59.7 Å². The van der Waals surface area contributed by atoms with Crippen LogP contribution in [0.15, 0.2) is 182 Å². The highest BCUT2D eigenvalue weighted by atomic mass is 32.1. The largest absolute Gasteiger partial charge is 0.307 e. The number of benzene rings is 9. The molecular weight excluding hydrogens is 793 g/mol. The summed E-state index contributed by atoms with van der Waals surface area (Å²) in [6.45, 7) is 0. The van der Waals surface area contributed by atoms with Gasteiger partial charge in [0.05, 0.1) is 58.3 Å². The Morgan fingerprint density at radius 2 is 0.790 bits per heavy atom. The molecule has 0 saturated carbocycles.